The molecule has 1 aromatic rings. The van der Waals surface area contributed by atoms with Crippen molar-refractivity contribution in [3.05, 3.63) is 18.2 Å². The Morgan fingerprint density at radius 1 is 0.826 bits per heavy atom. The van der Waals surface area contributed by atoms with Crippen LogP contribution in [0.5, 0.6) is 0 Å². The van der Waals surface area contributed by atoms with Gasteiger partial charge in [0.25, 0.3) is 0 Å². The third-order valence-electron chi connectivity index (χ3n) is 5.71. The molecule has 0 amide bonds. The lowest BCUT2D eigenvalue weighted by molar-refractivity contribution is 0.0485. The lowest BCUT2D eigenvalue weighted by Crippen LogP contribution is -2.64. The smallest absolute Gasteiger partial charge is 0.225 e. The molecule has 2 aliphatic heterocycles. The normalized spacial score (nSPS) is 25.5. The molecule has 23 heavy (non-hydrogen) atoms. The molecule has 3 heterocycles. The average Bonchev–Trinajstić information content (AvgIpc) is 2.57. The van der Waals surface area contributed by atoms with Gasteiger partial charge < -0.3 is 4.90 Å². The van der Waals surface area contributed by atoms with E-state index < -0.39 is 0 Å². The molecule has 6 heteroatoms. The van der Waals surface area contributed by atoms with E-state index in [2.05, 4.69) is 24.7 Å². The summed E-state index contributed by atoms with van der Waals surface area (Å²) in [5, 5.41) is 0. The first-order valence-corrected chi connectivity index (χ1v) is 9.00. The largest absolute Gasteiger partial charge is 0.338 e. The van der Waals surface area contributed by atoms with E-state index in [1.54, 1.807) is 0 Å². The van der Waals surface area contributed by atoms with Gasteiger partial charge in [0.2, 0.25) is 5.95 Å². The number of nitrogens with zero attached hydrogens (tertiary/aromatic N) is 5. The van der Waals surface area contributed by atoms with Crippen molar-refractivity contribution in [2.24, 2.45) is 0 Å². The number of hydrogen-bond acceptors (Lipinski definition) is 5. The van der Waals surface area contributed by atoms with Crippen molar-refractivity contribution in [1.82, 2.24) is 19.8 Å². The maximum atomic E-state index is 12.9. The lowest BCUT2D eigenvalue weighted by Gasteiger charge is -2.49. The predicted octanol–water partition coefficient (Wildman–Crippen LogP) is 1.75. The van der Waals surface area contributed by atoms with Gasteiger partial charge in [-0.1, -0.05) is 19.3 Å². The van der Waals surface area contributed by atoms with E-state index in [4.69, 9.17) is 0 Å². The Morgan fingerprint density at radius 3 is 2.00 bits per heavy atom. The van der Waals surface area contributed by atoms with Crippen molar-refractivity contribution in [3.8, 4) is 0 Å². The van der Waals surface area contributed by atoms with Crippen LogP contribution in [0, 0.1) is 5.82 Å². The number of halogens is 1. The molecule has 0 N–H and O–H groups in total. The summed E-state index contributed by atoms with van der Waals surface area (Å²) in [7, 11) is 0. The van der Waals surface area contributed by atoms with Gasteiger partial charge in [0.05, 0.1) is 12.4 Å². The first-order valence-electron chi connectivity index (χ1n) is 9.00. The summed E-state index contributed by atoms with van der Waals surface area (Å²) in [6.07, 6.45) is 9.57. The van der Waals surface area contributed by atoms with Gasteiger partial charge in [-0.25, -0.2) is 14.4 Å². The van der Waals surface area contributed by atoms with Crippen LogP contribution in [0.1, 0.15) is 32.1 Å². The van der Waals surface area contributed by atoms with Gasteiger partial charge in [0, 0.05) is 51.4 Å². The first-order chi connectivity index (χ1) is 11.3. The first kappa shape index (κ1) is 15.3. The third-order valence-corrected chi connectivity index (χ3v) is 5.71. The zero-order valence-corrected chi connectivity index (χ0v) is 13.7. The van der Waals surface area contributed by atoms with Crippen LogP contribution in [-0.2, 0) is 0 Å². The second-order valence-electron chi connectivity index (χ2n) is 7.12. The van der Waals surface area contributed by atoms with E-state index >= 15 is 0 Å². The summed E-state index contributed by atoms with van der Waals surface area (Å²) in [6, 6.07) is 1.45. The summed E-state index contributed by atoms with van der Waals surface area (Å²) in [5.74, 6) is 0.285. The minimum absolute atomic E-state index is 0.371. The summed E-state index contributed by atoms with van der Waals surface area (Å²) in [4.78, 5) is 15.6. The van der Waals surface area contributed by atoms with Gasteiger partial charge in [-0.15, -0.1) is 0 Å². The number of piperazine rings is 1. The van der Waals surface area contributed by atoms with Crippen LogP contribution < -0.4 is 4.90 Å². The number of rotatable bonds is 3. The molecule has 0 unspecified atom stereocenters. The topological polar surface area (TPSA) is 35.5 Å². The van der Waals surface area contributed by atoms with Crippen LogP contribution in [0.15, 0.2) is 12.4 Å². The van der Waals surface area contributed by atoms with Gasteiger partial charge in [-0.2, -0.15) is 0 Å². The predicted molar refractivity (Wildman–Crippen MR) is 88.0 cm³/mol. The van der Waals surface area contributed by atoms with E-state index in [0.29, 0.717) is 12.0 Å². The Labute approximate surface area is 137 Å². The molecule has 5 nitrogen and oxygen atoms in total. The van der Waals surface area contributed by atoms with E-state index in [-0.39, 0.29) is 5.82 Å². The zero-order chi connectivity index (χ0) is 15.6. The van der Waals surface area contributed by atoms with Crippen molar-refractivity contribution in [2.45, 2.75) is 44.2 Å². The summed E-state index contributed by atoms with van der Waals surface area (Å²) in [5.41, 5.74) is 0. The van der Waals surface area contributed by atoms with Crippen LogP contribution in [-0.4, -0.2) is 71.1 Å². The van der Waals surface area contributed by atoms with Crippen LogP contribution in [0.3, 0.4) is 0 Å². The van der Waals surface area contributed by atoms with E-state index in [1.807, 2.05) is 0 Å². The summed E-state index contributed by atoms with van der Waals surface area (Å²) in [6.45, 7) is 6.73. The van der Waals surface area contributed by atoms with Gasteiger partial charge >= 0.3 is 0 Å². The molecule has 0 bridgehead atoms. The Bertz CT molecular complexity index is 502. The highest BCUT2D eigenvalue weighted by Gasteiger charge is 2.35. The second kappa shape index (κ2) is 6.69. The van der Waals surface area contributed by atoms with Crippen LogP contribution in [0.2, 0.25) is 0 Å². The molecule has 1 saturated carbocycles. The number of anilines is 1. The highest BCUT2D eigenvalue weighted by atomic mass is 19.1. The van der Waals surface area contributed by atoms with Crippen molar-refractivity contribution < 1.29 is 4.39 Å². The van der Waals surface area contributed by atoms with Crippen molar-refractivity contribution in [2.75, 3.05) is 44.2 Å². The Balaban J connectivity index is 1.23. The molecule has 126 valence electrons. The molecule has 3 aliphatic rings. The van der Waals surface area contributed by atoms with E-state index in [9.17, 15) is 4.39 Å². The Morgan fingerprint density at radius 2 is 1.39 bits per heavy atom. The number of aromatic nitrogens is 2. The molecule has 0 atom stereocenters. The minimum atomic E-state index is -0.371. The standard InChI is InChI=1S/C17H26FN5/c18-14-10-19-17(20-11-14)23-12-16(13-23)22-8-6-21(7-9-22)15-4-2-1-3-5-15/h10-11,15-16H,1-9,12-13H2. The molecule has 0 radical (unpaired) electrons. The molecular formula is C17H26FN5. The van der Waals surface area contributed by atoms with E-state index in [0.717, 1.165) is 19.1 Å². The minimum Gasteiger partial charge on any atom is -0.338 e. The monoisotopic (exact) mass is 319 g/mol. The lowest BCUT2D eigenvalue weighted by atomic mass is 9.93. The molecule has 0 aromatic carbocycles. The molecule has 1 aliphatic carbocycles. The molecule has 1 aromatic heterocycles. The molecule has 0 spiro atoms. The maximum absolute atomic E-state index is 12.9. The maximum Gasteiger partial charge on any atom is 0.225 e. The number of hydrogen-bond donors (Lipinski definition) is 0. The van der Waals surface area contributed by atoms with Crippen molar-refractivity contribution >= 4 is 5.95 Å². The molecule has 4 rings (SSSR count). The highest BCUT2D eigenvalue weighted by molar-refractivity contribution is 5.34. The molecular weight excluding hydrogens is 293 g/mol. The third kappa shape index (κ3) is 3.33. The quantitative estimate of drug-likeness (QED) is 0.848. The van der Waals surface area contributed by atoms with Crippen molar-refractivity contribution in [3.63, 3.8) is 0 Å². The molecule has 2 saturated heterocycles. The summed E-state index contributed by atoms with van der Waals surface area (Å²) >= 11 is 0. The zero-order valence-electron chi connectivity index (χ0n) is 13.7. The van der Waals surface area contributed by atoms with Gasteiger partial charge in [0.1, 0.15) is 0 Å². The summed E-state index contributed by atoms with van der Waals surface area (Å²) < 4.78 is 12.9. The second-order valence-corrected chi connectivity index (χ2v) is 7.12. The van der Waals surface area contributed by atoms with Gasteiger partial charge in [-0.05, 0) is 12.8 Å². The van der Waals surface area contributed by atoms with Crippen LogP contribution in [0.25, 0.3) is 0 Å². The molecule has 3 fully saturated rings. The van der Waals surface area contributed by atoms with Crippen LogP contribution in [0.4, 0.5) is 10.3 Å². The Hall–Kier alpha value is -1.27. The fraction of sp³-hybridized carbons (Fsp3) is 0.765. The fourth-order valence-corrected chi connectivity index (χ4v) is 4.23. The van der Waals surface area contributed by atoms with E-state index in [1.165, 1.54) is 70.7 Å². The highest BCUT2D eigenvalue weighted by Crippen LogP contribution is 2.25. The van der Waals surface area contributed by atoms with Gasteiger partial charge in [0.15, 0.2) is 5.82 Å². The van der Waals surface area contributed by atoms with Crippen molar-refractivity contribution in [1.29, 1.82) is 0 Å². The average molecular weight is 319 g/mol. The van der Waals surface area contributed by atoms with Crippen LogP contribution >= 0.6 is 0 Å². The SMILES string of the molecule is Fc1cnc(N2CC(N3CCN(C4CCCCC4)CC3)C2)nc1. The van der Waals surface area contributed by atoms with Gasteiger partial charge in [-0.3, -0.25) is 9.80 Å². The fourth-order valence-electron chi connectivity index (χ4n) is 4.23. The Kier molecular flexibility index (Phi) is 4.44.